The zero-order valence-corrected chi connectivity index (χ0v) is 22.4. The minimum atomic E-state index is -0.569. The van der Waals surface area contributed by atoms with Gasteiger partial charge >= 0.3 is 5.97 Å². The maximum absolute atomic E-state index is 10.1. The van der Waals surface area contributed by atoms with Gasteiger partial charge in [-0.25, -0.2) is 4.79 Å². The summed E-state index contributed by atoms with van der Waals surface area (Å²) in [6.07, 6.45) is 24.4. The van der Waals surface area contributed by atoms with Gasteiger partial charge in [-0.3, -0.25) is 0 Å². The molecule has 190 valence electrons. The molecule has 0 aliphatic rings. The van der Waals surface area contributed by atoms with Crippen molar-refractivity contribution in [2.75, 3.05) is 0 Å². The van der Waals surface area contributed by atoms with Gasteiger partial charge in [-0.2, -0.15) is 5.90 Å². The first kappa shape index (κ1) is 31.4. The number of unbranched alkanes of at least 4 members (excludes halogenated alkanes) is 15. The molecule has 0 bridgehead atoms. The molecule has 1 rings (SSSR count). The third kappa shape index (κ3) is 18.5. The number of aryl methyl sites for hydroxylation is 2. The standard InChI is InChI=1S/C26H46.C4H7NO2/c1-4-5-6-7-8-9-10-11-12-13-14-15-16-17-18-19-22-26-23-20-21-24(2)25(26)3;1-3(2)4(6)7-5/h20-21,23H,4-19,22H2,1-3H3;1,5H2,2H3. The van der Waals surface area contributed by atoms with Crippen molar-refractivity contribution < 1.29 is 9.63 Å². The first-order valence-electron chi connectivity index (χ1n) is 13.6. The summed E-state index contributed by atoms with van der Waals surface area (Å²) in [6.45, 7) is 11.6. The fourth-order valence-corrected chi connectivity index (χ4v) is 4.05. The first-order valence-corrected chi connectivity index (χ1v) is 13.6. The van der Waals surface area contributed by atoms with Crippen LogP contribution >= 0.6 is 0 Å². The van der Waals surface area contributed by atoms with Crippen molar-refractivity contribution in [1.29, 1.82) is 0 Å². The Hall–Kier alpha value is -1.61. The van der Waals surface area contributed by atoms with Gasteiger partial charge in [0.05, 0.1) is 0 Å². The molecule has 1 aromatic rings. The molecule has 0 fully saturated rings. The molecule has 0 aliphatic heterocycles. The molecule has 33 heavy (non-hydrogen) atoms. The Labute approximate surface area is 205 Å². The van der Waals surface area contributed by atoms with Gasteiger partial charge in [0.1, 0.15) is 0 Å². The Morgan fingerprint density at radius 1 is 0.788 bits per heavy atom. The topological polar surface area (TPSA) is 52.3 Å². The number of hydrogen-bond acceptors (Lipinski definition) is 3. The lowest BCUT2D eigenvalue weighted by Crippen LogP contribution is -2.09. The van der Waals surface area contributed by atoms with Gasteiger partial charge in [0.25, 0.3) is 0 Å². The highest BCUT2D eigenvalue weighted by atomic mass is 16.7. The second kappa shape index (κ2) is 22.2. The second-order valence-electron chi connectivity index (χ2n) is 9.60. The molecular weight excluding hydrogens is 406 g/mol. The Kier molecular flexibility index (Phi) is 21.1. The maximum Gasteiger partial charge on any atom is 0.351 e. The monoisotopic (exact) mass is 459 g/mol. The molecule has 1 aromatic carbocycles. The Balaban J connectivity index is 0.00000126. The molecule has 0 heterocycles. The zero-order chi connectivity index (χ0) is 24.7. The Morgan fingerprint density at radius 2 is 1.21 bits per heavy atom. The van der Waals surface area contributed by atoms with Crippen molar-refractivity contribution in [2.45, 2.75) is 137 Å². The summed E-state index contributed by atoms with van der Waals surface area (Å²) in [4.78, 5) is 13.8. The predicted octanol–water partition coefficient (Wildman–Crippen LogP) is 9.09. The van der Waals surface area contributed by atoms with Crippen LogP contribution in [0.3, 0.4) is 0 Å². The second-order valence-corrected chi connectivity index (χ2v) is 9.60. The average molecular weight is 460 g/mol. The zero-order valence-electron chi connectivity index (χ0n) is 22.4. The number of hydrogen-bond donors (Lipinski definition) is 1. The van der Waals surface area contributed by atoms with Crippen LogP contribution in [0, 0.1) is 13.8 Å². The van der Waals surface area contributed by atoms with Crippen LogP contribution in [-0.4, -0.2) is 5.97 Å². The molecule has 2 N–H and O–H groups in total. The summed E-state index contributed by atoms with van der Waals surface area (Å²) >= 11 is 0. The number of carbonyl (C=O) groups excluding carboxylic acids is 1. The molecule has 0 radical (unpaired) electrons. The molecule has 0 saturated carbocycles. The predicted molar refractivity (Wildman–Crippen MR) is 144 cm³/mol. The minimum absolute atomic E-state index is 0.308. The van der Waals surface area contributed by atoms with Gasteiger partial charge in [-0.05, 0) is 50.3 Å². The van der Waals surface area contributed by atoms with Crippen LogP contribution in [0.4, 0.5) is 0 Å². The van der Waals surface area contributed by atoms with Crippen LogP contribution in [0.25, 0.3) is 0 Å². The summed E-state index contributed by atoms with van der Waals surface area (Å²) in [7, 11) is 0. The lowest BCUT2D eigenvalue weighted by atomic mass is 9.98. The number of benzene rings is 1. The fraction of sp³-hybridized carbons (Fsp3) is 0.700. The molecule has 0 saturated heterocycles. The van der Waals surface area contributed by atoms with Gasteiger partial charge in [-0.15, -0.1) is 0 Å². The molecular formula is C30H53NO2. The summed E-state index contributed by atoms with van der Waals surface area (Å²) < 4.78 is 0. The highest BCUT2D eigenvalue weighted by Gasteiger charge is 2.00. The van der Waals surface area contributed by atoms with E-state index in [0.29, 0.717) is 5.57 Å². The largest absolute Gasteiger partial charge is 0.370 e. The van der Waals surface area contributed by atoms with Gasteiger partial charge in [0, 0.05) is 5.57 Å². The van der Waals surface area contributed by atoms with Gasteiger partial charge in [0.2, 0.25) is 0 Å². The van der Waals surface area contributed by atoms with Crippen LogP contribution in [0.15, 0.2) is 30.4 Å². The van der Waals surface area contributed by atoms with Crippen molar-refractivity contribution in [1.82, 2.24) is 0 Å². The van der Waals surface area contributed by atoms with Crippen molar-refractivity contribution >= 4 is 5.97 Å². The third-order valence-corrected chi connectivity index (χ3v) is 6.47. The highest BCUT2D eigenvalue weighted by Crippen LogP contribution is 2.17. The molecule has 3 heteroatoms. The van der Waals surface area contributed by atoms with Crippen LogP contribution in [-0.2, 0) is 16.1 Å². The van der Waals surface area contributed by atoms with Crippen molar-refractivity contribution in [3.05, 3.63) is 47.0 Å². The quantitative estimate of drug-likeness (QED) is 0.135. The van der Waals surface area contributed by atoms with E-state index in [-0.39, 0.29) is 0 Å². The normalized spacial score (nSPS) is 10.5. The highest BCUT2D eigenvalue weighted by molar-refractivity contribution is 5.86. The lowest BCUT2D eigenvalue weighted by molar-refractivity contribution is -0.139. The number of carbonyl (C=O) groups is 1. The van der Waals surface area contributed by atoms with Crippen molar-refractivity contribution in [2.24, 2.45) is 5.90 Å². The van der Waals surface area contributed by atoms with Crippen LogP contribution in [0.1, 0.15) is 133 Å². The third-order valence-electron chi connectivity index (χ3n) is 6.47. The van der Waals surface area contributed by atoms with Gasteiger partial charge in [-0.1, -0.05) is 128 Å². The molecule has 0 unspecified atom stereocenters. The fourth-order valence-electron chi connectivity index (χ4n) is 4.05. The summed E-state index contributed by atoms with van der Waals surface area (Å²) in [5.41, 5.74) is 4.82. The molecule has 0 spiro atoms. The van der Waals surface area contributed by atoms with Crippen LogP contribution in [0.5, 0.6) is 0 Å². The van der Waals surface area contributed by atoms with E-state index in [4.69, 9.17) is 0 Å². The first-order chi connectivity index (χ1) is 15.9. The average Bonchev–Trinajstić information content (AvgIpc) is 2.81. The molecule has 0 atom stereocenters. The smallest absolute Gasteiger partial charge is 0.351 e. The van der Waals surface area contributed by atoms with Crippen LogP contribution < -0.4 is 5.90 Å². The lowest BCUT2D eigenvalue weighted by Gasteiger charge is -2.08. The van der Waals surface area contributed by atoms with E-state index in [1.54, 1.807) is 5.56 Å². The van der Waals surface area contributed by atoms with E-state index in [1.165, 1.54) is 127 Å². The number of nitrogens with two attached hydrogens (primary N) is 1. The van der Waals surface area contributed by atoms with E-state index >= 15 is 0 Å². The Morgan fingerprint density at radius 3 is 1.58 bits per heavy atom. The summed E-state index contributed by atoms with van der Waals surface area (Å²) in [5.74, 6) is 3.89. The van der Waals surface area contributed by atoms with Crippen molar-refractivity contribution in [3.63, 3.8) is 0 Å². The van der Waals surface area contributed by atoms with Gasteiger partial charge < -0.3 is 4.84 Å². The van der Waals surface area contributed by atoms with E-state index in [0.717, 1.165) is 0 Å². The van der Waals surface area contributed by atoms with E-state index in [9.17, 15) is 4.79 Å². The molecule has 0 aromatic heterocycles. The molecule has 3 nitrogen and oxygen atoms in total. The van der Waals surface area contributed by atoms with E-state index in [1.807, 2.05) is 0 Å². The van der Waals surface area contributed by atoms with E-state index < -0.39 is 5.97 Å². The van der Waals surface area contributed by atoms with E-state index in [2.05, 4.69) is 56.3 Å². The molecule has 0 aliphatic carbocycles. The van der Waals surface area contributed by atoms with Crippen molar-refractivity contribution in [3.8, 4) is 0 Å². The Bertz CT molecular complexity index is 624. The van der Waals surface area contributed by atoms with Gasteiger partial charge in [0.15, 0.2) is 0 Å². The molecule has 0 amide bonds. The SMILES string of the molecule is C=C(C)C(=O)ON.CCCCCCCCCCCCCCCCCCc1cccc(C)c1C. The summed E-state index contributed by atoms with van der Waals surface area (Å²) in [6, 6.07) is 6.75. The maximum atomic E-state index is 10.1. The van der Waals surface area contributed by atoms with Crippen LogP contribution in [0.2, 0.25) is 0 Å². The minimum Gasteiger partial charge on any atom is -0.370 e. The number of rotatable bonds is 18. The summed E-state index contributed by atoms with van der Waals surface area (Å²) in [5, 5.41) is 0.